The number of rotatable bonds is 10. The largest absolute Gasteiger partial charge is 0.493 e. The van der Waals surface area contributed by atoms with E-state index in [1.807, 2.05) is 6.92 Å². The minimum Gasteiger partial charge on any atom is -0.493 e. The summed E-state index contributed by atoms with van der Waals surface area (Å²) in [7, 11) is -3.85. The molecule has 31 heavy (non-hydrogen) atoms. The van der Waals surface area contributed by atoms with Crippen molar-refractivity contribution in [1.29, 1.82) is 0 Å². The Balaban J connectivity index is 1.61. The van der Waals surface area contributed by atoms with Gasteiger partial charge < -0.3 is 4.74 Å². The molecule has 0 saturated heterocycles. The molecular weight excluding hydrogens is 449 g/mol. The third kappa shape index (κ3) is 8.52. The van der Waals surface area contributed by atoms with E-state index in [0.29, 0.717) is 23.8 Å². The molecule has 0 aliphatic rings. The van der Waals surface area contributed by atoms with Gasteiger partial charge >= 0.3 is 0 Å². The maximum absolute atomic E-state index is 12.9. The van der Waals surface area contributed by atoms with Gasteiger partial charge in [0.2, 0.25) is 21.8 Å². The highest BCUT2D eigenvalue weighted by Crippen LogP contribution is 2.21. The number of aryl methyl sites for hydroxylation is 1. The summed E-state index contributed by atoms with van der Waals surface area (Å²) in [6.45, 7) is 1.99. The fourth-order valence-corrected chi connectivity index (χ4v) is 3.71. The summed E-state index contributed by atoms with van der Waals surface area (Å²) in [5, 5.41) is 0.614. The van der Waals surface area contributed by atoms with E-state index in [-0.39, 0.29) is 24.3 Å². The molecule has 0 heterocycles. The highest BCUT2D eigenvalue weighted by atomic mass is 35.5. The molecular formula is C20H23ClFN3O5S. The number of benzene rings is 2. The quantitative estimate of drug-likeness (QED) is 0.364. The minimum atomic E-state index is -3.85. The minimum absolute atomic E-state index is 0.112. The zero-order valence-corrected chi connectivity index (χ0v) is 18.4. The number of hydrazine groups is 1. The van der Waals surface area contributed by atoms with Crippen LogP contribution in [-0.2, 0) is 19.6 Å². The molecule has 2 amide bonds. The van der Waals surface area contributed by atoms with Crippen molar-refractivity contribution >= 4 is 33.4 Å². The van der Waals surface area contributed by atoms with Crippen molar-refractivity contribution in [2.75, 3.05) is 13.2 Å². The van der Waals surface area contributed by atoms with Gasteiger partial charge in [0, 0.05) is 24.4 Å². The monoisotopic (exact) mass is 471 g/mol. The zero-order valence-electron chi connectivity index (χ0n) is 16.8. The van der Waals surface area contributed by atoms with E-state index in [9.17, 15) is 22.4 Å². The second-order valence-corrected chi connectivity index (χ2v) is 8.76. The molecule has 0 atom stereocenters. The summed E-state index contributed by atoms with van der Waals surface area (Å²) >= 11 is 5.88. The Labute approximate surface area is 185 Å². The Bertz CT molecular complexity index is 1020. The number of halogens is 2. The predicted molar refractivity (Wildman–Crippen MR) is 113 cm³/mol. The number of carbonyl (C=O) groups excluding carboxylic acids is 2. The number of hydrogen-bond acceptors (Lipinski definition) is 5. The van der Waals surface area contributed by atoms with E-state index in [4.69, 9.17) is 16.3 Å². The SMILES string of the molecule is Cc1cc(Cl)ccc1OCCCC(=O)NNC(=O)CCNS(=O)(=O)c1ccc(F)cc1. The molecule has 11 heteroatoms. The Morgan fingerprint density at radius 2 is 1.68 bits per heavy atom. The molecule has 3 N–H and O–H groups in total. The molecule has 0 spiro atoms. The van der Waals surface area contributed by atoms with Gasteiger partial charge in [-0.15, -0.1) is 0 Å². The van der Waals surface area contributed by atoms with Gasteiger partial charge in [-0.25, -0.2) is 17.5 Å². The molecule has 0 unspecified atom stereocenters. The molecule has 2 aromatic carbocycles. The van der Waals surface area contributed by atoms with E-state index in [0.717, 1.165) is 29.8 Å². The van der Waals surface area contributed by atoms with E-state index in [1.54, 1.807) is 18.2 Å². The van der Waals surface area contributed by atoms with Crippen LogP contribution in [0.2, 0.25) is 5.02 Å². The van der Waals surface area contributed by atoms with Crippen molar-refractivity contribution in [3.05, 3.63) is 58.9 Å². The van der Waals surface area contributed by atoms with Crippen LogP contribution >= 0.6 is 11.6 Å². The predicted octanol–water partition coefficient (Wildman–Crippen LogP) is 2.46. The first kappa shape index (κ1) is 24.6. The number of ether oxygens (including phenoxy) is 1. The molecule has 168 valence electrons. The Morgan fingerprint density at radius 1 is 1.03 bits per heavy atom. The maximum Gasteiger partial charge on any atom is 0.240 e. The van der Waals surface area contributed by atoms with E-state index in [1.165, 1.54) is 0 Å². The van der Waals surface area contributed by atoms with Crippen molar-refractivity contribution in [3.63, 3.8) is 0 Å². The molecule has 0 saturated carbocycles. The van der Waals surface area contributed by atoms with Gasteiger partial charge in [0.25, 0.3) is 0 Å². The van der Waals surface area contributed by atoms with Crippen molar-refractivity contribution in [2.24, 2.45) is 0 Å². The van der Waals surface area contributed by atoms with Crippen LogP contribution in [0.3, 0.4) is 0 Å². The normalized spacial score (nSPS) is 11.1. The average Bonchev–Trinajstić information content (AvgIpc) is 2.71. The summed E-state index contributed by atoms with van der Waals surface area (Å²) in [6.07, 6.45) is 0.366. The molecule has 0 aromatic heterocycles. The number of nitrogens with one attached hydrogen (secondary N) is 3. The summed E-state index contributed by atoms with van der Waals surface area (Å²) in [5.74, 6) is -0.846. The summed E-state index contributed by atoms with van der Waals surface area (Å²) in [5.41, 5.74) is 5.35. The van der Waals surface area contributed by atoms with Gasteiger partial charge in [-0.1, -0.05) is 11.6 Å². The standard InChI is InChI=1S/C20H23ClFN3O5S/c1-14-13-15(21)4-9-18(14)30-12-2-3-19(26)24-25-20(27)10-11-23-31(28,29)17-7-5-16(22)6-8-17/h4-9,13,23H,2-3,10-12H2,1H3,(H,24,26)(H,25,27). The van der Waals surface area contributed by atoms with Gasteiger partial charge in [0.15, 0.2) is 0 Å². The first-order chi connectivity index (χ1) is 14.7. The molecule has 0 aliphatic carbocycles. The maximum atomic E-state index is 12.9. The molecule has 0 radical (unpaired) electrons. The Hall–Kier alpha value is -2.69. The average molecular weight is 472 g/mol. The summed E-state index contributed by atoms with van der Waals surface area (Å²) in [6, 6.07) is 9.54. The number of sulfonamides is 1. The lowest BCUT2D eigenvalue weighted by Crippen LogP contribution is -2.42. The first-order valence-electron chi connectivity index (χ1n) is 9.39. The summed E-state index contributed by atoms with van der Waals surface area (Å²) < 4.78 is 44.7. The van der Waals surface area contributed by atoms with Crippen LogP contribution in [0, 0.1) is 12.7 Å². The second kappa shape index (κ2) is 11.6. The lowest BCUT2D eigenvalue weighted by Gasteiger charge is -2.10. The molecule has 2 rings (SSSR count). The number of amides is 2. The van der Waals surface area contributed by atoms with Gasteiger partial charge in [-0.05, 0) is 61.4 Å². The van der Waals surface area contributed by atoms with Crippen LogP contribution in [0.15, 0.2) is 47.4 Å². The summed E-state index contributed by atoms with van der Waals surface area (Å²) in [4.78, 5) is 23.4. The fraction of sp³-hybridized carbons (Fsp3) is 0.300. The van der Waals surface area contributed by atoms with Gasteiger partial charge in [-0.3, -0.25) is 20.4 Å². The van der Waals surface area contributed by atoms with Crippen LogP contribution < -0.4 is 20.3 Å². The van der Waals surface area contributed by atoms with Crippen molar-refractivity contribution in [2.45, 2.75) is 31.1 Å². The number of carbonyl (C=O) groups is 2. The van der Waals surface area contributed by atoms with E-state index >= 15 is 0 Å². The van der Waals surface area contributed by atoms with Crippen molar-refractivity contribution < 1.29 is 27.1 Å². The third-order valence-corrected chi connectivity index (χ3v) is 5.76. The molecule has 0 bridgehead atoms. The van der Waals surface area contributed by atoms with E-state index in [2.05, 4.69) is 15.6 Å². The van der Waals surface area contributed by atoms with Crippen LogP contribution in [-0.4, -0.2) is 33.4 Å². The highest BCUT2D eigenvalue weighted by molar-refractivity contribution is 7.89. The van der Waals surface area contributed by atoms with E-state index < -0.39 is 27.7 Å². The van der Waals surface area contributed by atoms with Crippen LogP contribution in [0.5, 0.6) is 5.75 Å². The fourth-order valence-electron chi connectivity index (χ4n) is 2.45. The highest BCUT2D eigenvalue weighted by Gasteiger charge is 2.14. The topological polar surface area (TPSA) is 114 Å². The molecule has 2 aromatic rings. The van der Waals surface area contributed by atoms with Crippen LogP contribution in [0.25, 0.3) is 0 Å². The molecule has 8 nitrogen and oxygen atoms in total. The second-order valence-electron chi connectivity index (χ2n) is 6.56. The van der Waals surface area contributed by atoms with Crippen LogP contribution in [0.4, 0.5) is 4.39 Å². The third-order valence-electron chi connectivity index (χ3n) is 4.05. The van der Waals surface area contributed by atoms with Crippen molar-refractivity contribution in [1.82, 2.24) is 15.6 Å². The molecule has 0 aliphatic heterocycles. The Kier molecular flexibility index (Phi) is 9.22. The van der Waals surface area contributed by atoms with Gasteiger partial charge in [-0.2, -0.15) is 0 Å². The number of hydrogen-bond donors (Lipinski definition) is 3. The van der Waals surface area contributed by atoms with Crippen LogP contribution in [0.1, 0.15) is 24.8 Å². The van der Waals surface area contributed by atoms with Crippen molar-refractivity contribution in [3.8, 4) is 5.75 Å². The zero-order chi connectivity index (χ0) is 22.9. The first-order valence-corrected chi connectivity index (χ1v) is 11.3. The smallest absolute Gasteiger partial charge is 0.240 e. The lowest BCUT2D eigenvalue weighted by molar-refractivity contribution is -0.128. The van der Waals surface area contributed by atoms with Gasteiger partial charge in [0.05, 0.1) is 11.5 Å². The Morgan fingerprint density at radius 3 is 2.32 bits per heavy atom. The van der Waals surface area contributed by atoms with Gasteiger partial charge in [0.1, 0.15) is 11.6 Å². The lowest BCUT2D eigenvalue weighted by atomic mass is 10.2. The molecule has 0 fully saturated rings.